The van der Waals surface area contributed by atoms with Crippen LogP contribution in [0.15, 0.2) is 30.3 Å². The van der Waals surface area contributed by atoms with Crippen LogP contribution in [0.1, 0.15) is 40.7 Å². The van der Waals surface area contributed by atoms with E-state index in [-0.39, 0.29) is 18.2 Å². The van der Waals surface area contributed by atoms with Crippen molar-refractivity contribution in [1.29, 1.82) is 0 Å². The van der Waals surface area contributed by atoms with Gasteiger partial charge in [-0.05, 0) is 57.4 Å². The van der Waals surface area contributed by atoms with Crippen molar-refractivity contribution in [1.82, 2.24) is 15.2 Å². The number of ether oxygens (including phenoxy) is 1. The van der Waals surface area contributed by atoms with Gasteiger partial charge in [-0.25, -0.2) is 4.79 Å². The molecule has 1 unspecified atom stereocenters. The fourth-order valence-electron chi connectivity index (χ4n) is 3.49. The number of ketones is 1. The lowest BCUT2D eigenvalue weighted by Crippen LogP contribution is -2.44. The number of carbonyl (C=O) groups is 3. The monoisotopic (exact) mass is 383 g/mol. The molecule has 1 fully saturated rings. The molecule has 1 aromatic heterocycles. The summed E-state index contributed by atoms with van der Waals surface area (Å²) < 4.78 is 5.14. The summed E-state index contributed by atoms with van der Waals surface area (Å²) >= 11 is 0. The molecule has 0 aliphatic carbocycles. The largest absolute Gasteiger partial charge is 0.497 e. The first-order chi connectivity index (χ1) is 13.2. The Morgan fingerprint density at radius 2 is 1.86 bits per heavy atom. The second kappa shape index (κ2) is 7.50. The summed E-state index contributed by atoms with van der Waals surface area (Å²) in [5.74, 6) is 0.134. The normalized spacial score (nSPS) is 19.1. The predicted molar refractivity (Wildman–Crippen MR) is 105 cm³/mol. The maximum Gasteiger partial charge on any atom is 0.325 e. The zero-order valence-electron chi connectivity index (χ0n) is 16.6. The Balaban J connectivity index is 1.67. The molecule has 3 amide bonds. The van der Waals surface area contributed by atoms with E-state index in [0.29, 0.717) is 18.4 Å². The average molecular weight is 383 g/mol. The van der Waals surface area contributed by atoms with Gasteiger partial charge in [-0.3, -0.25) is 14.5 Å². The second-order valence-corrected chi connectivity index (χ2v) is 7.42. The number of aryl methyl sites for hydroxylation is 3. The van der Waals surface area contributed by atoms with Crippen molar-refractivity contribution in [3.8, 4) is 5.75 Å². The Morgan fingerprint density at radius 1 is 1.18 bits per heavy atom. The molecule has 1 aliphatic heterocycles. The minimum atomic E-state index is -1.03. The number of hydrogen-bond donors (Lipinski definition) is 2. The number of carbonyl (C=O) groups excluding carboxylic acids is 3. The Morgan fingerprint density at radius 3 is 2.43 bits per heavy atom. The van der Waals surface area contributed by atoms with Crippen LogP contribution in [0, 0.1) is 13.8 Å². The molecule has 1 atom stereocenters. The third-order valence-electron chi connectivity index (χ3n) is 5.17. The summed E-state index contributed by atoms with van der Waals surface area (Å²) in [6.07, 6.45) is 1.06. The van der Waals surface area contributed by atoms with E-state index >= 15 is 0 Å². The molecule has 0 saturated carbocycles. The van der Waals surface area contributed by atoms with Crippen molar-refractivity contribution in [3.05, 3.63) is 52.8 Å². The zero-order valence-corrected chi connectivity index (χ0v) is 16.6. The third-order valence-corrected chi connectivity index (χ3v) is 5.17. The van der Waals surface area contributed by atoms with Crippen LogP contribution in [0.5, 0.6) is 5.75 Å². The fraction of sp³-hybridized carbons (Fsp3) is 0.381. The van der Waals surface area contributed by atoms with Crippen LogP contribution in [0.4, 0.5) is 4.79 Å². The molecule has 0 bridgehead atoms. The van der Waals surface area contributed by atoms with E-state index in [9.17, 15) is 14.4 Å². The maximum atomic E-state index is 12.9. The summed E-state index contributed by atoms with van der Waals surface area (Å²) in [5.41, 5.74) is 2.11. The zero-order chi connectivity index (χ0) is 20.5. The molecule has 148 valence electrons. The number of urea groups is 1. The molecule has 7 nitrogen and oxygen atoms in total. The number of aromatic amines is 1. The van der Waals surface area contributed by atoms with Crippen molar-refractivity contribution in [2.75, 3.05) is 13.7 Å². The topological polar surface area (TPSA) is 91.5 Å². The van der Waals surface area contributed by atoms with Crippen LogP contribution in [0.2, 0.25) is 0 Å². The summed E-state index contributed by atoms with van der Waals surface area (Å²) in [6, 6.07) is 8.79. The molecular formula is C21H25N3O4. The van der Waals surface area contributed by atoms with Gasteiger partial charge >= 0.3 is 6.03 Å². The molecule has 3 rings (SSSR count). The molecule has 2 aromatic rings. The predicted octanol–water partition coefficient (Wildman–Crippen LogP) is 2.77. The van der Waals surface area contributed by atoms with Gasteiger partial charge in [0, 0.05) is 17.0 Å². The van der Waals surface area contributed by atoms with E-state index in [4.69, 9.17) is 4.74 Å². The lowest BCUT2D eigenvalue weighted by molar-refractivity contribution is -0.130. The van der Waals surface area contributed by atoms with Crippen LogP contribution >= 0.6 is 0 Å². The highest BCUT2D eigenvalue weighted by Crippen LogP contribution is 2.24. The van der Waals surface area contributed by atoms with Gasteiger partial charge in [-0.2, -0.15) is 0 Å². The van der Waals surface area contributed by atoms with Gasteiger partial charge in [-0.15, -0.1) is 0 Å². The lowest BCUT2D eigenvalue weighted by atomic mass is 9.93. The minimum absolute atomic E-state index is 0.259. The van der Waals surface area contributed by atoms with E-state index < -0.39 is 11.6 Å². The number of Topliss-reactive ketones (excluding diaryl/α,β-unsaturated/α-hetero) is 1. The molecule has 1 aliphatic rings. The van der Waals surface area contributed by atoms with Crippen molar-refractivity contribution >= 4 is 17.7 Å². The SMILES string of the molecule is COc1ccc(CCC2(C)NC(=O)N(CC(=O)c3cc(C)[nH]c3C)C2=O)cc1. The summed E-state index contributed by atoms with van der Waals surface area (Å²) in [5, 5.41) is 2.75. The standard InChI is InChI=1S/C21H25N3O4/c1-13-11-17(14(2)22-13)18(25)12-24-19(26)21(3,23-20(24)27)10-9-15-5-7-16(28-4)8-6-15/h5-8,11,22H,9-10,12H2,1-4H3,(H,23,27). The van der Waals surface area contributed by atoms with Gasteiger partial charge in [-0.1, -0.05) is 12.1 Å². The maximum absolute atomic E-state index is 12.9. The van der Waals surface area contributed by atoms with Crippen LogP contribution in [0.25, 0.3) is 0 Å². The van der Waals surface area contributed by atoms with Crippen molar-refractivity contribution in [2.45, 2.75) is 39.2 Å². The number of nitrogens with zero attached hydrogens (tertiary/aromatic N) is 1. The number of amides is 3. The third kappa shape index (κ3) is 3.78. The van der Waals surface area contributed by atoms with Crippen LogP contribution in [0.3, 0.4) is 0 Å². The van der Waals surface area contributed by atoms with Gasteiger partial charge in [0.2, 0.25) is 0 Å². The average Bonchev–Trinajstić information content (AvgIpc) is 3.11. The number of benzene rings is 1. The van der Waals surface area contributed by atoms with E-state index in [1.165, 1.54) is 0 Å². The number of nitrogens with one attached hydrogen (secondary N) is 2. The molecule has 1 aromatic carbocycles. The number of aromatic nitrogens is 1. The molecule has 2 heterocycles. The van der Waals surface area contributed by atoms with Crippen molar-refractivity contribution < 1.29 is 19.1 Å². The quantitative estimate of drug-likeness (QED) is 0.568. The summed E-state index contributed by atoms with van der Waals surface area (Å²) in [4.78, 5) is 41.9. The van der Waals surface area contributed by atoms with Crippen molar-refractivity contribution in [3.63, 3.8) is 0 Å². The molecule has 2 N–H and O–H groups in total. The number of rotatable bonds is 7. The lowest BCUT2D eigenvalue weighted by Gasteiger charge is -2.21. The van der Waals surface area contributed by atoms with Gasteiger partial charge < -0.3 is 15.0 Å². The number of hydrogen-bond acceptors (Lipinski definition) is 4. The van der Waals surface area contributed by atoms with Gasteiger partial charge in [0.05, 0.1) is 13.7 Å². The van der Waals surface area contributed by atoms with Gasteiger partial charge in [0.15, 0.2) is 5.78 Å². The first kappa shape index (κ1) is 19.7. The van der Waals surface area contributed by atoms with Crippen LogP contribution in [-0.2, 0) is 11.2 Å². The number of H-pyrrole nitrogens is 1. The van der Waals surface area contributed by atoms with E-state index in [2.05, 4.69) is 10.3 Å². The molecule has 28 heavy (non-hydrogen) atoms. The second-order valence-electron chi connectivity index (χ2n) is 7.42. The molecule has 1 saturated heterocycles. The first-order valence-corrected chi connectivity index (χ1v) is 9.20. The molecule has 0 spiro atoms. The van der Waals surface area contributed by atoms with E-state index in [1.54, 1.807) is 27.0 Å². The molecule has 0 radical (unpaired) electrons. The van der Waals surface area contributed by atoms with Crippen molar-refractivity contribution in [2.24, 2.45) is 0 Å². The van der Waals surface area contributed by atoms with Gasteiger partial charge in [0.1, 0.15) is 11.3 Å². The Bertz CT molecular complexity index is 916. The highest BCUT2D eigenvalue weighted by molar-refractivity contribution is 6.11. The first-order valence-electron chi connectivity index (χ1n) is 9.20. The molecule has 7 heteroatoms. The van der Waals surface area contributed by atoms with Crippen LogP contribution < -0.4 is 10.1 Å². The highest BCUT2D eigenvalue weighted by Gasteiger charge is 2.47. The summed E-state index contributed by atoms with van der Waals surface area (Å²) in [7, 11) is 1.61. The summed E-state index contributed by atoms with van der Waals surface area (Å²) in [6.45, 7) is 5.09. The van der Waals surface area contributed by atoms with Crippen LogP contribution in [-0.4, -0.2) is 46.8 Å². The van der Waals surface area contributed by atoms with E-state index in [1.807, 2.05) is 31.2 Å². The molecular weight excluding hydrogens is 358 g/mol. The Labute approximate surface area is 164 Å². The fourth-order valence-corrected chi connectivity index (χ4v) is 3.49. The smallest absolute Gasteiger partial charge is 0.325 e. The minimum Gasteiger partial charge on any atom is -0.497 e. The number of imide groups is 1. The number of methoxy groups -OCH3 is 1. The Kier molecular flexibility index (Phi) is 5.27. The highest BCUT2D eigenvalue weighted by atomic mass is 16.5. The Hall–Kier alpha value is -3.09. The van der Waals surface area contributed by atoms with E-state index in [0.717, 1.165) is 27.6 Å². The van der Waals surface area contributed by atoms with Gasteiger partial charge in [0.25, 0.3) is 5.91 Å².